The third kappa shape index (κ3) is 2.63. The minimum atomic E-state index is -0.136. The van der Waals surface area contributed by atoms with Crippen molar-refractivity contribution >= 4 is 23.2 Å². The number of benzene rings is 2. The van der Waals surface area contributed by atoms with Gasteiger partial charge < -0.3 is 14.8 Å². The maximum atomic E-state index is 12.9. The van der Waals surface area contributed by atoms with Crippen LogP contribution in [0.4, 0.5) is 5.69 Å². The predicted molar refractivity (Wildman–Crippen MR) is 108 cm³/mol. The van der Waals surface area contributed by atoms with Gasteiger partial charge in [-0.05, 0) is 55.3 Å². The van der Waals surface area contributed by atoms with E-state index in [2.05, 4.69) is 52.5 Å². The van der Waals surface area contributed by atoms with Crippen molar-refractivity contribution in [1.29, 1.82) is 0 Å². The van der Waals surface area contributed by atoms with Crippen LogP contribution in [0.25, 0.3) is 5.69 Å². The van der Waals surface area contributed by atoms with Crippen LogP contribution in [0.1, 0.15) is 28.9 Å². The Labute approximate surface area is 163 Å². The fourth-order valence-electron chi connectivity index (χ4n) is 4.37. The van der Waals surface area contributed by atoms with Crippen LogP contribution in [0.15, 0.2) is 66.9 Å². The Morgan fingerprint density at radius 2 is 1.81 bits per heavy atom. The molecule has 1 aromatic heterocycles. The lowest BCUT2D eigenvalue weighted by Gasteiger charge is -2.46. The van der Waals surface area contributed by atoms with Crippen LogP contribution in [-0.2, 0) is 5.54 Å². The van der Waals surface area contributed by atoms with Gasteiger partial charge in [0.05, 0.1) is 16.9 Å². The van der Waals surface area contributed by atoms with Crippen LogP contribution in [0, 0.1) is 0 Å². The number of rotatable bonds is 1. The summed E-state index contributed by atoms with van der Waals surface area (Å²) in [5, 5.41) is 4.38. The number of carbonyl (C=O) groups excluding carboxylic acids is 1. The molecule has 3 heterocycles. The smallest absolute Gasteiger partial charge is 0.253 e. The number of amides is 1. The highest BCUT2D eigenvalue weighted by atomic mass is 35.5. The van der Waals surface area contributed by atoms with E-state index in [4.69, 9.17) is 11.6 Å². The SMILES string of the molecule is O=C(c1cccc(Cl)c1)N1CCC2(CC1)Nc1ccccc1-n1cccc12. The summed E-state index contributed by atoms with van der Waals surface area (Å²) in [6.45, 7) is 1.43. The van der Waals surface area contributed by atoms with E-state index in [1.807, 2.05) is 17.0 Å². The summed E-state index contributed by atoms with van der Waals surface area (Å²) in [5.74, 6) is 0.0546. The zero-order valence-corrected chi connectivity index (χ0v) is 15.6. The minimum absolute atomic E-state index is 0.0546. The number of halogens is 1. The molecule has 27 heavy (non-hydrogen) atoms. The Kier molecular flexibility index (Phi) is 3.76. The summed E-state index contributed by atoms with van der Waals surface area (Å²) in [4.78, 5) is 14.8. The Bertz CT molecular complexity index is 1020. The molecule has 0 saturated carbocycles. The van der Waals surface area contributed by atoms with Gasteiger partial charge >= 0.3 is 0 Å². The van der Waals surface area contributed by atoms with Gasteiger partial charge in [-0.3, -0.25) is 4.79 Å². The fraction of sp³-hybridized carbons (Fsp3) is 0.227. The van der Waals surface area contributed by atoms with Gasteiger partial charge in [0, 0.05) is 35.6 Å². The summed E-state index contributed by atoms with van der Waals surface area (Å²) in [6, 6.07) is 19.9. The van der Waals surface area contributed by atoms with Crippen molar-refractivity contribution in [2.45, 2.75) is 18.4 Å². The number of piperidine rings is 1. The second-order valence-corrected chi connectivity index (χ2v) is 7.73. The van der Waals surface area contributed by atoms with Gasteiger partial charge in [0.1, 0.15) is 0 Å². The van der Waals surface area contributed by atoms with E-state index in [-0.39, 0.29) is 11.4 Å². The summed E-state index contributed by atoms with van der Waals surface area (Å²) in [6.07, 6.45) is 3.87. The molecular formula is C22H20ClN3O. The van der Waals surface area contributed by atoms with E-state index in [9.17, 15) is 4.79 Å². The molecule has 2 aromatic carbocycles. The zero-order valence-electron chi connectivity index (χ0n) is 14.9. The molecule has 0 unspecified atom stereocenters. The van der Waals surface area contributed by atoms with Crippen LogP contribution in [0.2, 0.25) is 5.02 Å². The van der Waals surface area contributed by atoms with Crippen LogP contribution < -0.4 is 5.32 Å². The predicted octanol–water partition coefficient (Wildman–Crippen LogP) is 4.69. The number of hydrogen-bond donors (Lipinski definition) is 1. The van der Waals surface area contributed by atoms with Crippen molar-refractivity contribution in [3.63, 3.8) is 0 Å². The standard InChI is InChI=1S/C22H20ClN3O/c23-17-6-3-5-16(15-17)21(27)25-13-10-22(11-14-25)20-9-4-12-26(20)19-8-2-1-7-18(19)24-22/h1-9,12,15,24H,10-11,13-14H2. The van der Waals surface area contributed by atoms with E-state index < -0.39 is 0 Å². The first kappa shape index (κ1) is 16.5. The Morgan fingerprint density at radius 1 is 1.00 bits per heavy atom. The number of likely N-dealkylation sites (tertiary alicyclic amines) is 1. The maximum Gasteiger partial charge on any atom is 0.253 e. The molecule has 0 radical (unpaired) electrons. The highest BCUT2D eigenvalue weighted by Gasteiger charge is 2.42. The van der Waals surface area contributed by atoms with Crippen LogP contribution in [0.3, 0.4) is 0 Å². The molecule has 1 amide bonds. The quantitative estimate of drug-likeness (QED) is 0.668. The van der Waals surface area contributed by atoms with E-state index in [0.29, 0.717) is 23.7 Å². The van der Waals surface area contributed by atoms with Crippen LogP contribution in [0.5, 0.6) is 0 Å². The molecule has 5 rings (SSSR count). The molecular weight excluding hydrogens is 358 g/mol. The van der Waals surface area contributed by atoms with Gasteiger partial charge in [0.15, 0.2) is 0 Å². The molecule has 2 aliphatic rings. The molecule has 5 heteroatoms. The normalized spacial score (nSPS) is 17.1. The molecule has 2 aliphatic heterocycles. The second kappa shape index (κ2) is 6.17. The van der Waals surface area contributed by atoms with Gasteiger partial charge in [0.25, 0.3) is 5.91 Å². The highest BCUT2D eigenvalue weighted by Crippen LogP contribution is 2.43. The van der Waals surface area contributed by atoms with E-state index in [1.54, 1.807) is 12.1 Å². The summed E-state index contributed by atoms with van der Waals surface area (Å²) in [7, 11) is 0. The molecule has 0 bridgehead atoms. The number of fused-ring (bicyclic) bond motifs is 4. The van der Waals surface area contributed by atoms with Crippen molar-refractivity contribution in [2.75, 3.05) is 18.4 Å². The Balaban J connectivity index is 1.41. The van der Waals surface area contributed by atoms with Gasteiger partial charge in [-0.2, -0.15) is 0 Å². The fourth-order valence-corrected chi connectivity index (χ4v) is 4.56. The first-order chi connectivity index (χ1) is 13.2. The monoisotopic (exact) mass is 377 g/mol. The van der Waals surface area contributed by atoms with Gasteiger partial charge in [-0.25, -0.2) is 0 Å². The Hall–Kier alpha value is -2.72. The zero-order chi connectivity index (χ0) is 18.4. The van der Waals surface area contributed by atoms with Crippen molar-refractivity contribution < 1.29 is 4.79 Å². The lowest BCUT2D eigenvalue weighted by molar-refractivity contribution is 0.0676. The first-order valence-electron chi connectivity index (χ1n) is 9.27. The number of nitrogens with zero attached hydrogens (tertiary/aromatic N) is 2. The minimum Gasteiger partial charge on any atom is -0.372 e. The summed E-state index contributed by atoms with van der Waals surface area (Å²) < 4.78 is 2.28. The number of aromatic nitrogens is 1. The number of para-hydroxylation sites is 2. The lowest BCUT2D eigenvalue weighted by Crippen LogP contribution is -2.51. The molecule has 1 N–H and O–H groups in total. The maximum absolute atomic E-state index is 12.9. The second-order valence-electron chi connectivity index (χ2n) is 7.29. The molecule has 1 fully saturated rings. The molecule has 3 aromatic rings. The number of anilines is 1. The van der Waals surface area contributed by atoms with E-state index >= 15 is 0 Å². The van der Waals surface area contributed by atoms with Gasteiger partial charge in [0.2, 0.25) is 0 Å². The molecule has 0 aliphatic carbocycles. The largest absolute Gasteiger partial charge is 0.372 e. The molecule has 1 saturated heterocycles. The first-order valence-corrected chi connectivity index (χ1v) is 9.64. The number of hydrogen-bond acceptors (Lipinski definition) is 2. The van der Waals surface area contributed by atoms with E-state index in [0.717, 1.165) is 18.5 Å². The molecule has 0 atom stereocenters. The Morgan fingerprint density at radius 3 is 2.63 bits per heavy atom. The summed E-state index contributed by atoms with van der Waals surface area (Å²) >= 11 is 6.05. The van der Waals surface area contributed by atoms with Gasteiger partial charge in [-0.15, -0.1) is 0 Å². The van der Waals surface area contributed by atoms with Crippen LogP contribution in [-0.4, -0.2) is 28.5 Å². The molecule has 1 spiro atoms. The van der Waals surface area contributed by atoms with E-state index in [1.165, 1.54) is 11.4 Å². The van der Waals surface area contributed by atoms with Crippen molar-refractivity contribution in [3.05, 3.63) is 83.1 Å². The third-order valence-corrected chi connectivity index (χ3v) is 5.99. The third-order valence-electron chi connectivity index (χ3n) is 5.75. The number of carbonyl (C=O) groups is 1. The summed E-state index contributed by atoms with van der Waals surface area (Å²) in [5.41, 5.74) is 4.12. The molecule has 4 nitrogen and oxygen atoms in total. The average molecular weight is 378 g/mol. The lowest BCUT2D eigenvalue weighted by atomic mass is 9.82. The highest BCUT2D eigenvalue weighted by molar-refractivity contribution is 6.30. The van der Waals surface area contributed by atoms with Crippen molar-refractivity contribution in [2.24, 2.45) is 0 Å². The van der Waals surface area contributed by atoms with Crippen molar-refractivity contribution in [3.8, 4) is 5.69 Å². The van der Waals surface area contributed by atoms with Gasteiger partial charge in [-0.1, -0.05) is 29.8 Å². The van der Waals surface area contributed by atoms with Crippen LogP contribution >= 0.6 is 11.6 Å². The topological polar surface area (TPSA) is 37.3 Å². The molecule has 136 valence electrons. The average Bonchev–Trinajstić information content (AvgIpc) is 3.20. The van der Waals surface area contributed by atoms with Crippen molar-refractivity contribution in [1.82, 2.24) is 9.47 Å². The number of nitrogens with one attached hydrogen (secondary N) is 1.